The van der Waals surface area contributed by atoms with Gasteiger partial charge in [0.1, 0.15) is 5.76 Å². The maximum atomic E-state index is 12.6. The van der Waals surface area contributed by atoms with Crippen LogP contribution < -0.4 is 5.73 Å². The Labute approximate surface area is 140 Å². The van der Waals surface area contributed by atoms with E-state index in [9.17, 15) is 14.7 Å². The number of Topliss-reactive ketones (excluding diaryl/α,β-unsaturated/α-hetero) is 1. The first kappa shape index (κ1) is 16.0. The Morgan fingerprint density at radius 3 is 2.17 bits per heavy atom. The Morgan fingerprint density at radius 1 is 1.00 bits per heavy atom. The van der Waals surface area contributed by atoms with Gasteiger partial charge in [-0.05, 0) is 5.56 Å². The van der Waals surface area contributed by atoms with E-state index in [0.29, 0.717) is 18.7 Å². The molecular weight excluding hydrogens is 304 g/mol. The molecule has 1 heterocycles. The normalized spacial score (nSPS) is 19.7. The fraction of sp³-hybridized carbons (Fsp3) is 0.158. The number of likely N-dealkylation sites (tertiary alicyclic amines) is 1. The molecule has 1 atom stereocenters. The second-order valence-corrected chi connectivity index (χ2v) is 5.62. The maximum absolute atomic E-state index is 12.6. The summed E-state index contributed by atoms with van der Waals surface area (Å²) in [4.78, 5) is 26.5. The Balaban J connectivity index is 2.18. The summed E-state index contributed by atoms with van der Waals surface area (Å²) >= 11 is 0. The second kappa shape index (κ2) is 6.68. The number of benzene rings is 2. The SMILES string of the molecule is [NH3+]CCN1C(=O)C(=O)C(=C(O)c2ccccc2)[C@H]1c1ccccc1. The van der Waals surface area contributed by atoms with Crippen LogP contribution in [0, 0.1) is 0 Å². The van der Waals surface area contributed by atoms with E-state index < -0.39 is 17.7 Å². The molecule has 24 heavy (non-hydrogen) atoms. The monoisotopic (exact) mass is 323 g/mol. The van der Waals surface area contributed by atoms with Crippen molar-refractivity contribution in [3.8, 4) is 0 Å². The Hall–Kier alpha value is -2.92. The number of carbonyl (C=O) groups excluding carboxylic acids is 2. The zero-order valence-corrected chi connectivity index (χ0v) is 13.2. The third-order valence-corrected chi connectivity index (χ3v) is 4.10. The molecule has 2 aromatic rings. The number of hydrogen-bond donors (Lipinski definition) is 2. The van der Waals surface area contributed by atoms with E-state index in [0.717, 1.165) is 5.56 Å². The largest absolute Gasteiger partial charge is 0.507 e. The van der Waals surface area contributed by atoms with E-state index in [-0.39, 0.29) is 11.3 Å². The lowest BCUT2D eigenvalue weighted by Crippen LogP contribution is -2.55. The van der Waals surface area contributed by atoms with Gasteiger partial charge in [0.2, 0.25) is 0 Å². The van der Waals surface area contributed by atoms with Crippen LogP contribution in [0.2, 0.25) is 0 Å². The highest BCUT2D eigenvalue weighted by Crippen LogP contribution is 2.38. The van der Waals surface area contributed by atoms with E-state index >= 15 is 0 Å². The first-order chi connectivity index (χ1) is 11.6. The Morgan fingerprint density at radius 2 is 1.58 bits per heavy atom. The summed E-state index contributed by atoms with van der Waals surface area (Å²) in [5.41, 5.74) is 5.23. The summed E-state index contributed by atoms with van der Waals surface area (Å²) in [6, 6.07) is 17.5. The lowest BCUT2D eigenvalue weighted by Gasteiger charge is -2.24. The molecule has 0 radical (unpaired) electrons. The van der Waals surface area contributed by atoms with Gasteiger partial charge in [0.25, 0.3) is 11.7 Å². The summed E-state index contributed by atoms with van der Waals surface area (Å²) < 4.78 is 0. The quantitative estimate of drug-likeness (QED) is 0.506. The zero-order chi connectivity index (χ0) is 17.1. The van der Waals surface area contributed by atoms with Crippen molar-refractivity contribution in [2.75, 3.05) is 13.1 Å². The minimum absolute atomic E-state index is 0.130. The predicted molar refractivity (Wildman–Crippen MR) is 89.6 cm³/mol. The molecule has 5 heteroatoms. The summed E-state index contributed by atoms with van der Waals surface area (Å²) in [7, 11) is 0. The van der Waals surface area contributed by atoms with Crippen LogP contribution in [-0.2, 0) is 9.59 Å². The molecule has 0 aromatic heterocycles. The molecule has 0 bridgehead atoms. The van der Waals surface area contributed by atoms with Crippen molar-refractivity contribution >= 4 is 17.4 Å². The number of aliphatic hydroxyl groups excluding tert-OH is 1. The van der Waals surface area contributed by atoms with Gasteiger partial charge >= 0.3 is 0 Å². The molecule has 4 N–H and O–H groups in total. The minimum Gasteiger partial charge on any atom is -0.507 e. The number of aliphatic hydroxyl groups is 1. The number of hydrogen-bond acceptors (Lipinski definition) is 3. The molecule has 0 aliphatic carbocycles. The third kappa shape index (κ3) is 2.70. The van der Waals surface area contributed by atoms with Crippen molar-refractivity contribution in [2.45, 2.75) is 6.04 Å². The molecule has 1 fully saturated rings. The molecule has 0 spiro atoms. The van der Waals surface area contributed by atoms with Gasteiger partial charge in [0.05, 0.1) is 24.7 Å². The number of carbonyl (C=O) groups is 2. The second-order valence-electron chi connectivity index (χ2n) is 5.62. The van der Waals surface area contributed by atoms with Gasteiger partial charge in [-0.15, -0.1) is 0 Å². The van der Waals surface area contributed by atoms with Crippen molar-refractivity contribution in [1.29, 1.82) is 0 Å². The van der Waals surface area contributed by atoms with Gasteiger partial charge in [-0.1, -0.05) is 60.7 Å². The van der Waals surface area contributed by atoms with Gasteiger partial charge < -0.3 is 15.7 Å². The summed E-state index contributed by atoms with van der Waals surface area (Å²) in [6.45, 7) is 0.845. The highest BCUT2D eigenvalue weighted by Gasteiger charge is 2.45. The number of quaternary nitrogens is 1. The Kier molecular flexibility index (Phi) is 4.44. The standard InChI is InChI=1S/C19H18N2O3/c20-11-12-21-16(13-7-3-1-4-8-13)15(18(23)19(21)24)17(22)14-9-5-2-6-10-14/h1-10,16,22H,11-12,20H2/p+1/t16-/m1/s1. The van der Waals surface area contributed by atoms with Gasteiger partial charge in [-0.2, -0.15) is 0 Å². The Bertz CT molecular complexity index is 785. The maximum Gasteiger partial charge on any atom is 0.295 e. The fourth-order valence-corrected chi connectivity index (χ4v) is 3.01. The van der Waals surface area contributed by atoms with Crippen LogP contribution >= 0.6 is 0 Å². The van der Waals surface area contributed by atoms with Crippen LogP contribution in [0.3, 0.4) is 0 Å². The highest BCUT2D eigenvalue weighted by molar-refractivity contribution is 6.46. The van der Waals surface area contributed by atoms with Crippen LogP contribution in [0.1, 0.15) is 17.2 Å². The minimum atomic E-state index is -0.654. The van der Waals surface area contributed by atoms with Gasteiger partial charge in [-0.25, -0.2) is 0 Å². The summed E-state index contributed by atoms with van der Waals surface area (Å²) in [5, 5.41) is 10.7. The predicted octanol–water partition coefficient (Wildman–Crippen LogP) is 1.35. The zero-order valence-electron chi connectivity index (χ0n) is 13.2. The van der Waals surface area contributed by atoms with Crippen molar-refractivity contribution in [3.63, 3.8) is 0 Å². The molecule has 2 aromatic carbocycles. The summed E-state index contributed by atoms with van der Waals surface area (Å²) in [5.74, 6) is -1.39. The van der Waals surface area contributed by atoms with Crippen LogP contribution in [-0.4, -0.2) is 34.8 Å². The lowest BCUT2D eigenvalue weighted by molar-refractivity contribution is -0.368. The molecule has 0 saturated carbocycles. The molecule has 1 saturated heterocycles. The van der Waals surface area contributed by atoms with Gasteiger partial charge in [0.15, 0.2) is 0 Å². The molecule has 1 aliphatic heterocycles. The summed E-state index contributed by atoms with van der Waals surface area (Å²) in [6.07, 6.45) is 0. The van der Waals surface area contributed by atoms with Gasteiger partial charge in [0, 0.05) is 5.56 Å². The molecule has 5 nitrogen and oxygen atoms in total. The number of ketones is 1. The molecule has 3 rings (SSSR count). The van der Waals surface area contributed by atoms with Crippen LogP contribution in [0.15, 0.2) is 66.2 Å². The average molecular weight is 323 g/mol. The van der Waals surface area contributed by atoms with E-state index in [1.807, 2.05) is 36.4 Å². The third-order valence-electron chi connectivity index (χ3n) is 4.10. The smallest absolute Gasteiger partial charge is 0.295 e. The molecule has 122 valence electrons. The van der Waals surface area contributed by atoms with E-state index in [2.05, 4.69) is 5.73 Å². The van der Waals surface area contributed by atoms with Crippen LogP contribution in [0.25, 0.3) is 5.76 Å². The van der Waals surface area contributed by atoms with Crippen molar-refractivity contribution in [3.05, 3.63) is 77.4 Å². The fourth-order valence-electron chi connectivity index (χ4n) is 3.01. The number of rotatable bonds is 4. The highest BCUT2D eigenvalue weighted by atomic mass is 16.3. The van der Waals surface area contributed by atoms with E-state index in [1.54, 1.807) is 24.3 Å². The first-order valence-electron chi connectivity index (χ1n) is 7.83. The topological polar surface area (TPSA) is 85.3 Å². The van der Waals surface area contributed by atoms with Gasteiger partial charge in [-0.3, -0.25) is 9.59 Å². The number of amides is 1. The lowest BCUT2D eigenvalue weighted by atomic mass is 9.95. The van der Waals surface area contributed by atoms with Crippen LogP contribution in [0.5, 0.6) is 0 Å². The molecule has 0 unspecified atom stereocenters. The number of nitrogens with zero attached hydrogens (tertiary/aromatic N) is 1. The average Bonchev–Trinajstić information content (AvgIpc) is 2.88. The van der Waals surface area contributed by atoms with Crippen LogP contribution in [0.4, 0.5) is 0 Å². The van der Waals surface area contributed by atoms with Crippen molar-refractivity contribution in [1.82, 2.24) is 4.90 Å². The van der Waals surface area contributed by atoms with Crippen molar-refractivity contribution < 1.29 is 20.4 Å². The molecular formula is C19H19N2O3+. The first-order valence-corrected chi connectivity index (χ1v) is 7.83. The van der Waals surface area contributed by atoms with E-state index in [4.69, 9.17) is 0 Å². The van der Waals surface area contributed by atoms with Crippen molar-refractivity contribution in [2.24, 2.45) is 0 Å². The van der Waals surface area contributed by atoms with E-state index in [1.165, 1.54) is 4.90 Å². The molecule has 1 aliphatic rings. The molecule has 1 amide bonds.